The molecule has 0 aromatic heterocycles. The molecule has 2 aliphatic rings. The number of nitro groups is 1. The zero-order valence-corrected chi connectivity index (χ0v) is 13.5. The highest BCUT2D eigenvalue weighted by atomic mass is 31.2. The van der Waals surface area contributed by atoms with Crippen molar-refractivity contribution in [3.8, 4) is 0 Å². The first-order valence-corrected chi connectivity index (χ1v) is 9.45. The summed E-state index contributed by atoms with van der Waals surface area (Å²) < 4.78 is 19.9. The fourth-order valence-corrected chi connectivity index (χ4v) is 4.97. The van der Waals surface area contributed by atoms with Gasteiger partial charge in [0.1, 0.15) is 5.10 Å². The zero-order valence-electron chi connectivity index (χ0n) is 12.6. The van der Waals surface area contributed by atoms with Gasteiger partial charge < -0.3 is 14.2 Å². The molecule has 1 atom stereocenters. The van der Waals surface area contributed by atoms with Crippen molar-refractivity contribution >= 4 is 13.3 Å². The second kappa shape index (κ2) is 6.75. The molecular weight excluding hydrogens is 295 g/mol. The molecule has 0 amide bonds. The second-order valence-electron chi connectivity index (χ2n) is 5.42. The van der Waals surface area contributed by atoms with Crippen molar-refractivity contribution < 1.29 is 14.3 Å². The first-order chi connectivity index (χ1) is 10.00. The van der Waals surface area contributed by atoms with Crippen LogP contribution in [0.25, 0.3) is 0 Å². The SMILES string of the molecule is CCP(=O)(CC)N1CCN(CC2CCOC2)C1=N[N+](=O)[O-]. The van der Waals surface area contributed by atoms with Gasteiger partial charge in [-0.1, -0.05) is 13.8 Å². The molecule has 120 valence electrons. The van der Waals surface area contributed by atoms with E-state index in [4.69, 9.17) is 4.74 Å². The molecule has 2 rings (SSSR count). The quantitative estimate of drug-likeness (QED) is 0.419. The first-order valence-electron chi connectivity index (χ1n) is 7.42. The number of guanidine groups is 1. The van der Waals surface area contributed by atoms with Crippen LogP contribution in [0.1, 0.15) is 20.3 Å². The van der Waals surface area contributed by atoms with E-state index in [0.29, 0.717) is 44.5 Å². The Labute approximate surface area is 124 Å². The third-order valence-corrected chi connectivity index (χ3v) is 7.43. The Bertz CT molecular complexity index is 456. The van der Waals surface area contributed by atoms with Crippen molar-refractivity contribution in [2.45, 2.75) is 20.3 Å². The molecule has 0 aromatic rings. The minimum atomic E-state index is -2.60. The van der Waals surface area contributed by atoms with Gasteiger partial charge in [0.15, 0.2) is 12.3 Å². The monoisotopic (exact) mass is 318 g/mol. The van der Waals surface area contributed by atoms with Crippen LogP contribution >= 0.6 is 7.29 Å². The predicted octanol–water partition coefficient (Wildman–Crippen LogP) is 1.51. The molecule has 1 unspecified atom stereocenters. The summed E-state index contributed by atoms with van der Waals surface area (Å²) in [5.41, 5.74) is 0. The topological polar surface area (TPSA) is 88.3 Å². The Morgan fingerprint density at radius 3 is 2.67 bits per heavy atom. The lowest BCUT2D eigenvalue weighted by Gasteiger charge is -2.28. The predicted molar refractivity (Wildman–Crippen MR) is 80.3 cm³/mol. The van der Waals surface area contributed by atoms with E-state index in [1.54, 1.807) is 4.67 Å². The van der Waals surface area contributed by atoms with Crippen LogP contribution in [0.3, 0.4) is 0 Å². The van der Waals surface area contributed by atoms with Gasteiger partial charge in [0.05, 0.1) is 6.61 Å². The fraction of sp³-hybridized carbons (Fsp3) is 0.917. The summed E-state index contributed by atoms with van der Waals surface area (Å²) in [7, 11) is -2.60. The van der Waals surface area contributed by atoms with Crippen LogP contribution in [0.5, 0.6) is 0 Å². The summed E-state index contributed by atoms with van der Waals surface area (Å²) in [6, 6.07) is 0. The normalized spacial score (nSPS) is 25.0. The van der Waals surface area contributed by atoms with Crippen LogP contribution in [0, 0.1) is 16.0 Å². The Hall–Kier alpha value is -1.14. The average Bonchev–Trinajstić information content (AvgIpc) is 3.09. The van der Waals surface area contributed by atoms with Crippen LogP contribution in [0.4, 0.5) is 0 Å². The van der Waals surface area contributed by atoms with Gasteiger partial charge in [0, 0.05) is 44.5 Å². The molecule has 21 heavy (non-hydrogen) atoms. The first kappa shape index (κ1) is 16.2. The van der Waals surface area contributed by atoms with Gasteiger partial charge in [-0.15, -0.1) is 0 Å². The Balaban J connectivity index is 2.19. The van der Waals surface area contributed by atoms with Gasteiger partial charge in [-0.05, 0) is 6.42 Å². The molecule has 0 saturated carbocycles. The summed E-state index contributed by atoms with van der Waals surface area (Å²) in [5.74, 6) is 0.628. The van der Waals surface area contributed by atoms with Crippen molar-refractivity contribution in [1.29, 1.82) is 0 Å². The number of rotatable bonds is 6. The van der Waals surface area contributed by atoms with Gasteiger partial charge in [-0.25, -0.2) is 10.1 Å². The molecule has 2 heterocycles. The Kier molecular flexibility index (Phi) is 5.22. The molecule has 9 heteroatoms. The number of hydrogen-bond acceptors (Lipinski definition) is 4. The molecule has 0 aliphatic carbocycles. The summed E-state index contributed by atoms with van der Waals surface area (Å²) in [4.78, 5) is 12.7. The van der Waals surface area contributed by atoms with E-state index >= 15 is 0 Å². The molecule has 0 bridgehead atoms. The third kappa shape index (κ3) is 3.55. The Morgan fingerprint density at radius 2 is 2.14 bits per heavy atom. The van der Waals surface area contributed by atoms with E-state index in [1.807, 2.05) is 18.7 Å². The lowest BCUT2D eigenvalue weighted by Crippen LogP contribution is -2.36. The fourth-order valence-electron chi connectivity index (χ4n) is 2.89. The molecule has 0 radical (unpaired) electrons. The summed E-state index contributed by atoms with van der Waals surface area (Å²) >= 11 is 0. The van der Waals surface area contributed by atoms with Crippen LogP contribution in [0.15, 0.2) is 5.10 Å². The van der Waals surface area contributed by atoms with Gasteiger partial charge in [0.2, 0.25) is 0 Å². The molecule has 2 aliphatic heterocycles. The van der Waals surface area contributed by atoms with Crippen molar-refractivity contribution in [2.75, 3.05) is 45.2 Å². The van der Waals surface area contributed by atoms with Gasteiger partial charge in [-0.2, -0.15) is 0 Å². The van der Waals surface area contributed by atoms with E-state index in [9.17, 15) is 14.7 Å². The van der Waals surface area contributed by atoms with Crippen LogP contribution in [-0.4, -0.2) is 65.7 Å². The maximum atomic E-state index is 12.9. The summed E-state index contributed by atoms with van der Waals surface area (Å²) in [6.07, 6.45) is 1.96. The zero-order chi connectivity index (χ0) is 15.5. The molecule has 8 nitrogen and oxygen atoms in total. The highest BCUT2D eigenvalue weighted by molar-refractivity contribution is 7.62. The van der Waals surface area contributed by atoms with Crippen molar-refractivity contribution in [1.82, 2.24) is 9.57 Å². The lowest BCUT2D eigenvalue weighted by molar-refractivity contribution is -0.486. The van der Waals surface area contributed by atoms with E-state index in [0.717, 1.165) is 13.0 Å². The minimum Gasteiger partial charge on any atom is -0.381 e. The summed E-state index contributed by atoms with van der Waals surface area (Å²) in [6.45, 7) is 7.00. The number of nitrogens with zero attached hydrogens (tertiary/aromatic N) is 4. The highest BCUT2D eigenvalue weighted by Gasteiger charge is 2.40. The maximum absolute atomic E-state index is 12.9. The third-order valence-electron chi connectivity index (χ3n) is 4.20. The van der Waals surface area contributed by atoms with Gasteiger partial charge in [0.25, 0.3) is 5.96 Å². The number of hydrogen-bond donors (Lipinski definition) is 0. The van der Waals surface area contributed by atoms with E-state index in [2.05, 4.69) is 5.10 Å². The standard InChI is InChI=1S/C12H23N4O4P/c1-3-21(19,4-2)15-7-6-14(12(15)13-16(17)18)9-11-5-8-20-10-11/h11H,3-10H2,1-2H3. The van der Waals surface area contributed by atoms with E-state index in [1.165, 1.54) is 0 Å². The van der Waals surface area contributed by atoms with E-state index in [-0.39, 0.29) is 5.96 Å². The molecule has 0 N–H and O–H groups in total. The lowest BCUT2D eigenvalue weighted by atomic mass is 10.1. The van der Waals surface area contributed by atoms with Crippen LogP contribution < -0.4 is 0 Å². The van der Waals surface area contributed by atoms with Crippen molar-refractivity contribution in [3.63, 3.8) is 0 Å². The van der Waals surface area contributed by atoms with Crippen molar-refractivity contribution in [3.05, 3.63) is 10.1 Å². The van der Waals surface area contributed by atoms with E-state index < -0.39 is 12.3 Å². The molecule has 0 aromatic carbocycles. The van der Waals surface area contributed by atoms with Crippen LogP contribution in [-0.2, 0) is 9.30 Å². The molecular formula is C12H23N4O4P. The highest BCUT2D eigenvalue weighted by Crippen LogP contribution is 2.50. The average molecular weight is 318 g/mol. The second-order valence-corrected chi connectivity index (χ2v) is 8.86. The minimum absolute atomic E-state index is 0.263. The van der Waals surface area contributed by atoms with Gasteiger partial charge in [-0.3, -0.25) is 4.67 Å². The molecule has 2 saturated heterocycles. The molecule has 2 fully saturated rings. The Morgan fingerprint density at radius 1 is 1.43 bits per heavy atom. The van der Waals surface area contributed by atoms with Crippen molar-refractivity contribution in [2.24, 2.45) is 11.0 Å². The number of hydrazone groups is 1. The largest absolute Gasteiger partial charge is 0.381 e. The maximum Gasteiger partial charge on any atom is 0.279 e. The van der Waals surface area contributed by atoms with Crippen LogP contribution in [0.2, 0.25) is 0 Å². The smallest absolute Gasteiger partial charge is 0.279 e. The van der Waals surface area contributed by atoms with Gasteiger partial charge >= 0.3 is 0 Å². The number of ether oxygens (including phenoxy) is 1. The summed E-state index contributed by atoms with van der Waals surface area (Å²) in [5, 5.41) is 13.7. The molecule has 0 spiro atoms.